The number of amides is 1. The molecule has 5 heteroatoms. The number of nitrogens with zero attached hydrogens (tertiary/aromatic N) is 1. The number of carbonyl (C=O) groups excluding carboxylic acids is 1. The molecular formula is C18H27NO4. The second kappa shape index (κ2) is 7.21. The van der Waals surface area contributed by atoms with Crippen molar-refractivity contribution in [3.05, 3.63) is 23.8 Å². The second-order valence-electron chi connectivity index (χ2n) is 6.61. The van der Waals surface area contributed by atoms with E-state index in [-0.39, 0.29) is 17.6 Å². The Morgan fingerprint density at radius 3 is 2.70 bits per heavy atom. The average Bonchev–Trinajstić information content (AvgIpc) is 2.53. The summed E-state index contributed by atoms with van der Waals surface area (Å²) in [4.78, 5) is 14.5. The topological polar surface area (TPSA) is 48.0 Å². The number of hydrogen-bond acceptors (Lipinski definition) is 4. The zero-order valence-corrected chi connectivity index (χ0v) is 14.7. The van der Waals surface area contributed by atoms with E-state index >= 15 is 0 Å². The predicted molar refractivity (Wildman–Crippen MR) is 89.1 cm³/mol. The van der Waals surface area contributed by atoms with Gasteiger partial charge < -0.3 is 19.1 Å². The van der Waals surface area contributed by atoms with Crippen LogP contribution in [0.3, 0.4) is 0 Å². The van der Waals surface area contributed by atoms with Gasteiger partial charge in [-0.1, -0.05) is 6.07 Å². The minimum absolute atomic E-state index is 0.0937. The lowest BCUT2D eigenvalue weighted by molar-refractivity contribution is -0.137. The maximum Gasteiger partial charge on any atom is 0.227 e. The third-order valence-electron chi connectivity index (χ3n) is 4.45. The van der Waals surface area contributed by atoms with Gasteiger partial charge in [0, 0.05) is 31.3 Å². The monoisotopic (exact) mass is 321 g/mol. The molecule has 0 saturated carbocycles. The van der Waals surface area contributed by atoms with Gasteiger partial charge in [-0.25, -0.2) is 0 Å². The van der Waals surface area contributed by atoms with Crippen LogP contribution in [0.1, 0.15) is 32.3 Å². The zero-order valence-electron chi connectivity index (χ0n) is 14.7. The molecule has 1 heterocycles. The van der Waals surface area contributed by atoms with Crippen molar-refractivity contribution in [3.63, 3.8) is 0 Å². The van der Waals surface area contributed by atoms with E-state index in [0.717, 1.165) is 24.2 Å². The van der Waals surface area contributed by atoms with Gasteiger partial charge in [0.15, 0.2) is 0 Å². The fraction of sp³-hybridized carbons (Fsp3) is 0.611. The molecule has 23 heavy (non-hydrogen) atoms. The largest absolute Gasteiger partial charge is 0.497 e. The van der Waals surface area contributed by atoms with Crippen molar-refractivity contribution in [1.82, 2.24) is 4.90 Å². The SMILES string of the molecule is COc1ccc(CC(=O)N(C)C2CCOC(C)(C)C2)c(OC)c1. The molecule has 1 fully saturated rings. The van der Waals surface area contributed by atoms with Crippen LogP contribution in [-0.2, 0) is 16.0 Å². The van der Waals surface area contributed by atoms with E-state index in [1.165, 1.54) is 0 Å². The summed E-state index contributed by atoms with van der Waals surface area (Å²) < 4.78 is 16.3. The Morgan fingerprint density at radius 1 is 1.35 bits per heavy atom. The molecule has 0 N–H and O–H groups in total. The van der Waals surface area contributed by atoms with Crippen molar-refractivity contribution in [2.45, 2.75) is 44.8 Å². The summed E-state index contributed by atoms with van der Waals surface area (Å²) in [7, 11) is 5.10. The van der Waals surface area contributed by atoms with Gasteiger partial charge in [0.05, 0.1) is 26.2 Å². The molecule has 1 atom stereocenters. The molecule has 0 radical (unpaired) electrons. The van der Waals surface area contributed by atoms with Crippen molar-refractivity contribution in [3.8, 4) is 11.5 Å². The van der Waals surface area contributed by atoms with E-state index in [4.69, 9.17) is 14.2 Å². The molecule has 0 aromatic heterocycles. The van der Waals surface area contributed by atoms with E-state index in [2.05, 4.69) is 13.8 Å². The van der Waals surface area contributed by atoms with Crippen LogP contribution in [0.15, 0.2) is 18.2 Å². The number of likely N-dealkylation sites (N-methyl/N-ethyl adjacent to an activating group) is 1. The van der Waals surface area contributed by atoms with Gasteiger partial charge in [0.2, 0.25) is 5.91 Å². The summed E-state index contributed by atoms with van der Waals surface area (Å²) in [6.07, 6.45) is 2.06. The van der Waals surface area contributed by atoms with Crippen molar-refractivity contribution in [2.75, 3.05) is 27.9 Å². The first kappa shape index (κ1) is 17.6. The Balaban J connectivity index is 2.06. The Kier molecular flexibility index (Phi) is 5.52. The van der Waals surface area contributed by atoms with Gasteiger partial charge in [-0.2, -0.15) is 0 Å². The highest BCUT2D eigenvalue weighted by molar-refractivity contribution is 5.79. The molecule has 1 aromatic carbocycles. The first-order chi connectivity index (χ1) is 10.9. The number of carbonyl (C=O) groups is 1. The molecule has 0 aliphatic carbocycles. The highest BCUT2D eigenvalue weighted by Gasteiger charge is 2.32. The lowest BCUT2D eigenvalue weighted by Gasteiger charge is -2.39. The molecule has 128 valence electrons. The van der Waals surface area contributed by atoms with Crippen LogP contribution in [0.5, 0.6) is 11.5 Å². The second-order valence-corrected chi connectivity index (χ2v) is 6.61. The minimum atomic E-state index is -0.171. The van der Waals surface area contributed by atoms with E-state index < -0.39 is 0 Å². The molecular weight excluding hydrogens is 294 g/mol. The van der Waals surface area contributed by atoms with Crippen molar-refractivity contribution < 1.29 is 19.0 Å². The van der Waals surface area contributed by atoms with Gasteiger partial charge in [-0.3, -0.25) is 4.79 Å². The predicted octanol–water partition coefficient (Wildman–Crippen LogP) is 2.66. The highest BCUT2D eigenvalue weighted by Crippen LogP contribution is 2.28. The summed E-state index contributed by atoms with van der Waals surface area (Å²) in [5.41, 5.74) is 0.700. The van der Waals surface area contributed by atoms with Crippen molar-refractivity contribution in [2.24, 2.45) is 0 Å². The summed E-state index contributed by atoms with van der Waals surface area (Å²) in [5, 5.41) is 0. The van der Waals surface area contributed by atoms with E-state index in [1.54, 1.807) is 20.3 Å². The third kappa shape index (κ3) is 4.38. The van der Waals surface area contributed by atoms with Crippen LogP contribution in [0.25, 0.3) is 0 Å². The molecule has 0 spiro atoms. The molecule has 1 aliphatic rings. The quantitative estimate of drug-likeness (QED) is 0.836. The fourth-order valence-electron chi connectivity index (χ4n) is 3.02. The first-order valence-electron chi connectivity index (χ1n) is 7.97. The maximum absolute atomic E-state index is 12.6. The lowest BCUT2D eigenvalue weighted by Crippen LogP contribution is -2.47. The van der Waals surface area contributed by atoms with Crippen LogP contribution in [0.2, 0.25) is 0 Å². The van der Waals surface area contributed by atoms with Crippen LogP contribution >= 0.6 is 0 Å². The number of rotatable bonds is 5. The number of hydrogen-bond donors (Lipinski definition) is 0. The van der Waals surface area contributed by atoms with Crippen LogP contribution < -0.4 is 9.47 Å². The number of ether oxygens (including phenoxy) is 3. The number of methoxy groups -OCH3 is 2. The summed E-state index contributed by atoms with van der Waals surface area (Å²) in [6, 6.07) is 5.76. The van der Waals surface area contributed by atoms with Gasteiger partial charge in [-0.15, -0.1) is 0 Å². The van der Waals surface area contributed by atoms with Gasteiger partial charge >= 0.3 is 0 Å². The average molecular weight is 321 g/mol. The first-order valence-corrected chi connectivity index (χ1v) is 7.97. The summed E-state index contributed by atoms with van der Waals surface area (Å²) in [6.45, 7) is 4.84. The molecule has 0 bridgehead atoms. The molecule has 1 saturated heterocycles. The normalized spacial score (nSPS) is 20.0. The van der Waals surface area contributed by atoms with E-state index in [0.29, 0.717) is 18.8 Å². The third-order valence-corrected chi connectivity index (χ3v) is 4.45. The van der Waals surface area contributed by atoms with Gasteiger partial charge in [0.25, 0.3) is 0 Å². The molecule has 1 unspecified atom stereocenters. The number of benzene rings is 1. The van der Waals surface area contributed by atoms with Crippen LogP contribution in [-0.4, -0.2) is 50.3 Å². The van der Waals surface area contributed by atoms with Crippen LogP contribution in [0.4, 0.5) is 0 Å². The minimum Gasteiger partial charge on any atom is -0.497 e. The van der Waals surface area contributed by atoms with Gasteiger partial charge in [0.1, 0.15) is 11.5 Å². The van der Waals surface area contributed by atoms with Crippen molar-refractivity contribution in [1.29, 1.82) is 0 Å². The molecule has 1 amide bonds. The molecule has 5 nitrogen and oxygen atoms in total. The van der Waals surface area contributed by atoms with Crippen LogP contribution in [0, 0.1) is 0 Å². The Morgan fingerprint density at radius 2 is 2.09 bits per heavy atom. The van der Waals surface area contributed by atoms with Crippen molar-refractivity contribution >= 4 is 5.91 Å². The maximum atomic E-state index is 12.6. The summed E-state index contributed by atoms with van der Waals surface area (Å²) >= 11 is 0. The standard InChI is InChI=1S/C18H27NO4/c1-18(2)12-14(8-9-23-18)19(3)17(20)10-13-6-7-15(21-4)11-16(13)22-5/h6-7,11,14H,8-10,12H2,1-5H3. The molecule has 2 rings (SSSR count). The summed E-state index contributed by atoms with van der Waals surface area (Å²) in [5.74, 6) is 1.49. The van der Waals surface area contributed by atoms with E-state index in [9.17, 15) is 4.79 Å². The molecule has 1 aliphatic heterocycles. The Bertz CT molecular complexity index is 556. The smallest absolute Gasteiger partial charge is 0.227 e. The highest BCUT2D eigenvalue weighted by atomic mass is 16.5. The lowest BCUT2D eigenvalue weighted by atomic mass is 9.92. The zero-order chi connectivity index (χ0) is 17.0. The Hall–Kier alpha value is -1.75. The van der Waals surface area contributed by atoms with Gasteiger partial charge in [-0.05, 0) is 32.8 Å². The fourth-order valence-corrected chi connectivity index (χ4v) is 3.02. The van der Waals surface area contributed by atoms with E-state index in [1.807, 2.05) is 24.1 Å². The molecule has 1 aromatic rings. The Labute approximate surface area is 138 Å².